The molecule has 0 N–H and O–H groups in total. The van der Waals surface area contributed by atoms with Crippen LogP contribution in [0, 0.1) is 5.82 Å². The van der Waals surface area contributed by atoms with Crippen LogP contribution in [0.25, 0.3) is 0 Å². The number of likely N-dealkylation sites (tertiary alicyclic amines) is 1. The number of benzene rings is 1. The summed E-state index contributed by atoms with van der Waals surface area (Å²) in [6, 6.07) is 2.35. The lowest BCUT2D eigenvalue weighted by molar-refractivity contribution is -0.140. The van der Waals surface area contributed by atoms with Crippen molar-refractivity contribution in [2.24, 2.45) is 0 Å². The van der Waals surface area contributed by atoms with E-state index >= 15 is 0 Å². The highest BCUT2D eigenvalue weighted by molar-refractivity contribution is 5.94. The van der Waals surface area contributed by atoms with Crippen LogP contribution in [0.4, 0.5) is 17.6 Å². The van der Waals surface area contributed by atoms with Gasteiger partial charge in [-0.2, -0.15) is 13.2 Å². The summed E-state index contributed by atoms with van der Waals surface area (Å²) < 4.78 is 56.9. The van der Waals surface area contributed by atoms with E-state index < -0.39 is 23.5 Å². The number of carbonyl (C=O) groups is 1. The predicted octanol–water partition coefficient (Wildman–Crippen LogP) is 2.85. The van der Waals surface area contributed by atoms with Gasteiger partial charge in [0.25, 0.3) is 5.91 Å². The third kappa shape index (κ3) is 2.74. The van der Waals surface area contributed by atoms with Gasteiger partial charge in [-0.25, -0.2) is 4.39 Å². The van der Waals surface area contributed by atoms with E-state index in [2.05, 4.69) is 0 Å². The Kier molecular flexibility index (Phi) is 3.39. The molecule has 2 atom stereocenters. The van der Waals surface area contributed by atoms with E-state index in [4.69, 9.17) is 4.74 Å². The van der Waals surface area contributed by atoms with E-state index in [1.807, 2.05) is 0 Å². The van der Waals surface area contributed by atoms with E-state index in [0.29, 0.717) is 25.2 Å². The van der Waals surface area contributed by atoms with E-state index in [0.717, 1.165) is 18.9 Å². The number of rotatable bonds is 1. The molecule has 114 valence electrons. The number of halogens is 4. The Labute approximate surface area is 118 Å². The average Bonchev–Trinajstić information content (AvgIpc) is 2.76. The number of ether oxygens (including phenoxy) is 1. The molecule has 0 saturated carbocycles. The highest BCUT2D eigenvalue weighted by Gasteiger charge is 2.38. The van der Waals surface area contributed by atoms with Crippen LogP contribution in [0.5, 0.6) is 0 Å². The molecule has 1 aromatic carbocycles. The van der Waals surface area contributed by atoms with Crippen LogP contribution in [0.2, 0.25) is 0 Å². The molecule has 1 aromatic rings. The summed E-state index contributed by atoms with van der Waals surface area (Å²) in [4.78, 5) is 13.8. The standard InChI is InChI=1S/C14H13F4NO2/c15-12-4-1-8(5-11(12)14(16,17)18)13(20)19-6-9-2-3-10(7-19)21-9/h1,4-5,9-10H,2-3,6-7H2. The zero-order chi connectivity index (χ0) is 15.2. The summed E-state index contributed by atoms with van der Waals surface area (Å²) in [7, 11) is 0. The Morgan fingerprint density at radius 2 is 1.81 bits per heavy atom. The zero-order valence-corrected chi connectivity index (χ0v) is 11.0. The number of nitrogens with zero attached hydrogens (tertiary/aromatic N) is 1. The molecule has 7 heteroatoms. The molecule has 2 heterocycles. The second kappa shape index (κ2) is 4.98. The van der Waals surface area contributed by atoms with Gasteiger partial charge < -0.3 is 9.64 Å². The Bertz CT molecular complexity index is 561. The molecule has 0 aromatic heterocycles. The van der Waals surface area contributed by atoms with Gasteiger partial charge in [-0.3, -0.25) is 4.79 Å². The maximum atomic E-state index is 13.2. The van der Waals surface area contributed by atoms with Crippen molar-refractivity contribution >= 4 is 5.91 Å². The van der Waals surface area contributed by atoms with E-state index in [9.17, 15) is 22.4 Å². The van der Waals surface area contributed by atoms with Crippen molar-refractivity contribution in [3.63, 3.8) is 0 Å². The van der Waals surface area contributed by atoms with Crippen LogP contribution >= 0.6 is 0 Å². The van der Waals surface area contributed by atoms with Crippen molar-refractivity contribution < 1.29 is 27.1 Å². The first-order chi connectivity index (χ1) is 9.84. The van der Waals surface area contributed by atoms with E-state index in [1.54, 1.807) is 0 Å². The van der Waals surface area contributed by atoms with Crippen molar-refractivity contribution in [2.45, 2.75) is 31.2 Å². The molecule has 2 unspecified atom stereocenters. The van der Waals surface area contributed by atoms with Gasteiger partial charge in [-0.1, -0.05) is 0 Å². The van der Waals surface area contributed by atoms with Crippen LogP contribution in [0.15, 0.2) is 18.2 Å². The highest BCUT2D eigenvalue weighted by atomic mass is 19.4. The van der Waals surface area contributed by atoms with Crippen LogP contribution in [0.3, 0.4) is 0 Å². The van der Waals surface area contributed by atoms with Gasteiger partial charge in [-0.05, 0) is 31.0 Å². The number of hydrogen-bond donors (Lipinski definition) is 0. The fourth-order valence-corrected chi connectivity index (χ4v) is 2.84. The second-order valence-electron chi connectivity index (χ2n) is 5.36. The Morgan fingerprint density at radius 3 is 2.38 bits per heavy atom. The van der Waals surface area contributed by atoms with Gasteiger partial charge in [0.15, 0.2) is 0 Å². The molecule has 0 aliphatic carbocycles. The minimum atomic E-state index is -4.82. The van der Waals surface area contributed by atoms with Crippen molar-refractivity contribution in [2.75, 3.05) is 13.1 Å². The lowest BCUT2D eigenvalue weighted by atomic mass is 10.1. The number of fused-ring (bicyclic) bond motifs is 2. The molecule has 2 aliphatic rings. The number of amides is 1. The summed E-state index contributed by atoms with van der Waals surface area (Å²) in [6.45, 7) is 0.738. The van der Waals surface area contributed by atoms with Gasteiger partial charge in [0.2, 0.25) is 0 Å². The van der Waals surface area contributed by atoms with Crippen molar-refractivity contribution in [1.82, 2.24) is 4.90 Å². The lowest BCUT2D eigenvalue weighted by Crippen LogP contribution is -2.45. The molecule has 2 aliphatic heterocycles. The van der Waals surface area contributed by atoms with Gasteiger partial charge >= 0.3 is 6.18 Å². The number of morpholine rings is 1. The van der Waals surface area contributed by atoms with Crippen LogP contribution in [-0.4, -0.2) is 36.1 Å². The molecular weight excluding hydrogens is 290 g/mol. The Morgan fingerprint density at radius 1 is 1.19 bits per heavy atom. The quantitative estimate of drug-likeness (QED) is 0.747. The zero-order valence-electron chi connectivity index (χ0n) is 11.0. The third-order valence-electron chi connectivity index (χ3n) is 3.85. The molecule has 21 heavy (non-hydrogen) atoms. The number of hydrogen-bond acceptors (Lipinski definition) is 2. The summed E-state index contributed by atoms with van der Waals surface area (Å²) in [6.07, 6.45) is -3.20. The summed E-state index contributed by atoms with van der Waals surface area (Å²) >= 11 is 0. The molecule has 1 amide bonds. The first kappa shape index (κ1) is 14.3. The molecule has 2 saturated heterocycles. The number of alkyl halides is 3. The van der Waals surface area contributed by atoms with Gasteiger partial charge in [-0.15, -0.1) is 0 Å². The molecule has 0 radical (unpaired) electrons. The third-order valence-corrected chi connectivity index (χ3v) is 3.85. The first-order valence-electron chi connectivity index (χ1n) is 6.66. The minimum absolute atomic E-state index is 0.0461. The van der Waals surface area contributed by atoms with Crippen molar-refractivity contribution in [3.8, 4) is 0 Å². The molecule has 2 bridgehead atoms. The average molecular weight is 303 g/mol. The van der Waals surface area contributed by atoms with Gasteiger partial charge in [0.05, 0.1) is 17.8 Å². The SMILES string of the molecule is O=C(c1ccc(F)c(C(F)(F)F)c1)N1CC2CCC(C1)O2. The maximum absolute atomic E-state index is 13.2. The molecule has 3 rings (SSSR count). The molecular formula is C14H13F4NO2. The second-order valence-corrected chi connectivity index (χ2v) is 5.36. The topological polar surface area (TPSA) is 29.5 Å². The fraction of sp³-hybridized carbons (Fsp3) is 0.500. The van der Waals surface area contributed by atoms with E-state index in [-0.39, 0.29) is 17.8 Å². The Balaban J connectivity index is 1.85. The summed E-state index contributed by atoms with van der Waals surface area (Å²) in [5.74, 6) is -1.89. The summed E-state index contributed by atoms with van der Waals surface area (Å²) in [5.41, 5.74) is -1.56. The van der Waals surface area contributed by atoms with Crippen molar-refractivity contribution in [3.05, 3.63) is 35.1 Å². The van der Waals surface area contributed by atoms with Crippen molar-refractivity contribution in [1.29, 1.82) is 0 Å². The van der Waals surface area contributed by atoms with Crippen LogP contribution in [-0.2, 0) is 10.9 Å². The Hall–Kier alpha value is -1.63. The first-order valence-corrected chi connectivity index (χ1v) is 6.66. The van der Waals surface area contributed by atoms with E-state index in [1.165, 1.54) is 4.90 Å². The molecule has 2 fully saturated rings. The lowest BCUT2D eigenvalue weighted by Gasteiger charge is -2.32. The highest BCUT2D eigenvalue weighted by Crippen LogP contribution is 2.33. The monoisotopic (exact) mass is 303 g/mol. The maximum Gasteiger partial charge on any atom is 0.419 e. The normalized spacial score (nSPS) is 25.2. The van der Waals surface area contributed by atoms with Crippen LogP contribution in [0.1, 0.15) is 28.8 Å². The van der Waals surface area contributed by atoms with Crippen LogP contribution < -0.4 is 0 Å². The fourth-order valence-electron chi connectivity index (χ4n) is 2.84. The smallest absolute Gasteiger partial charge is 0.371 e. The van der Waals surface area contributed by atoms with Gasteiger partial charge in [0, 0.05) is 18.7 Å². The molecule has 0 spiro atoms. The minimum Gasteiger partial charge on any atom is -0.371 e. The molecule has 3 nitrogen and oxygen atoms in total. The predicted molar refractivity (Wildman–Crippen MR) is 65.2 cm³/mol. The largest absolute Gasteiger partial charge is 0.419 e. The summed E-state index contributed by atoms with van der Waals surface area (Å²) in [5, 5.41) is 0. The number of carbonyl (C=O) groups excluding carboxylic acids is 1. The van der Waals surface area contributed by atoms with Gasteiger partial charge in [0.1, 0.15) is 5.82 Å².